The highest BCUT2D eigenvalue weighted by atomic mass is 31.3. The summed E-state index contributed by atoms with van der Waals surface area (Å²) in [5.74, 6) is 0. The van der Waals surface area contributed by atoms with Crippen molar-refractivity contribution in [2.24, 2.45) is 0 Å². The second kappa shape index (κ2) is 1.72. The lowest BCUT2D eigenvalue weighted by Crippen LogP contribution is -1.22. The van der Waals surface area contributed by atoms with Gasteiger partial charge in [0.15, 0.2) is 6.33 Å². The highest BCUT2D eigenvalue weighted by molar-refractivity contribution is 7.61. The fourth-order valence-corrected chi connectivity index (χ4v) is 0. The van der Waals surface area contributed by atoms with Gasteiger partial charge in [-0.3, -0.25) is 9.13 Å². The van der Waals surface area contributed by atoms with Crippen LogP contribution >= 0.6 is 6.33 Å². The van der Waals surface area contributed by atoms with Crippen molar-refractivity contribution in [3.63, 3.8) is 0 Å². The highest BCUT2D eigenvalue weighted by Crippen LogP contribution is 1.83. The number of hydrogen-bond acceptors (Lipinski definition) is 2. The lowest BCUT2D eigenvalue weighted by atomic mass is 15.9. The van der Waals surface area contributed by atoms with Crippen molar-refractivity contribution in [2.45, 2.75) is 0 Å². The van der Waals surface area contributed by atoms with Crippen LogP contribution in [0.25, 0.3) is 0 Å². The van der Waals surface area contributed by atoms with E-state index in [4.69, 9.17) is 9.13 Å². The Labute approximate surface area is 32.0 Å². The standard InChI is InChI=1S/Al.O2P/c;1-3-2. The first-order chi connectivity index (χ1) is 1.73. The van der Waals surface area contributed by atoms with Gasteiger partial charge in [-0.05, 0) is 0 Å². The summed E-state index contributed by atoms with van der Waals surface area (Å²) in [7, 11) is 0. The van der Waals surface area contributed by atoms with Gasteiger partial charge in [0.05, 0.1) is 0 Å². The van der Waals surface area contributed by atoms with E-state index in [-0.39, 0.29) is 0 Å². The zero-order chi connectivity index (χ0) is 3.58. The number of rotatable bonds is 0. The van der Waals surface area contributed by atoms with Crippen LogP contribution in [0.3, 0.4) is 0 Å². The van der Waals surface area contributed by atoms with Crippen molar-refractivity contribution in [1.82, 2.24) is 0 Å². The molecule has 0 fully saturated rings. The van der Waals surface area contributed by atoms with Gasteiger partial charge in [0, 0.05) is 0 Å². The second-order valence-electron chi connectivity index (χ2n) is 0.285. The van der Waals surface area contributed by atoms with Gasteiger partial charge < -0.3 is 0 Å². The van der Waals surface area contributed by atoms with E-state index in [1.807, 2.05) is 0 Å². The topological polar surface area (TPSA) is 34.1 Å². The summed E-state index contributed by atoms with van der Waals surface area (Å²) in [5, 5.41) is 0. The van der Waals surface area contributed by atoms with Crippen LogP contribution in [0.4, 0.5) is 0 Å². The Bertz CT molecular complexity index is 54.4. The normalized spacial score (nSPS) is 6.00. The molecule has 2 nitrogen and oxygen atoms in total. The van der Waals surface area contributed by atoms with Gasteiger partial charge >= 0.3 is 15.8 Å². The summed E-state index contributed by atoms with van der Waals surface area (Å²) < 4.78 is 18.0. The fourth-order valence-electron chi connectivity index (χ4n) is 0. The lowest BCUT2D eigenvalue weighted by molar-refractivity contribution is 0.526. The first-order valence-electron chi connectivity index (χ1n) is 0.623. The van der Waals surface area contributed by atoms with Gasteiger partial charge in [-0.15, -0.1) is 0 Å². The van der Waals surface area contributed by atoms with Crippen molar-refractivity contribution in [2.75, 3.05) is 0 Å². The first kappa shape index (κ1) is 4.43. The Kier molecular flexibility index (Phi) is 1.91. The Hall–Kier alpha value is 0.432. The van der Waals surface area contributed by atoms with Crippen molar-refractivity contribution in [1.29, 1.82) is 0 Å². The minimum absolute atomic E-state index is 1.61. The maximum atomic E-state index is 9.00. The predicted octanol–water partition coefficient (Wildman–Crippen LogP) is 0.243. The smallest absolute Gasteiger partial charge is 0.265 e. The van der Waals surface area contributed by atoms with Crippen LogP contribution in [-0.4, -0.2) is 15.8 Å². The molecule has 0 atom stereocenters. The van der Waals surface area contributed by atoms with E-state index in [9.17, 15) is 0 Å². The van der Waals surface area contributed by atoms with Crippen LogP contribution in [0.5, 0.6) is 0 Å². The van der Waals surface area contributed by atoms with E-state index in [1.54, 1.807) is 15.8 Å². The molecule has 0 heterocycles. The first-order valence-corrected chi connectivity index (χ1v) is 3.42. The van der Waals surface area contributed by atoms with Crippen LogP contribution in [0.1, 0.15) is 0 Å². The fraction of sp³-hybridized carbons (Fsp3) is 0. The molecule has 4 heavy (non-hydrogen) atoms. The van der Waals surface area contributed by atoms with Crippen LogP contribution < -0.4 is 0 Å². The molecule has 0 aromatic heterocycles. The molecule has 0 N–H and O–H groups in total. The molecule has 0 rings (SSSR count). The average Bonchev–Trinajstić information content (AvgIpc) is 0.811. The van der Waals surface area contributed by atoms with Gasteiger partial charge in [-0.2, -0.15) is 0 Å². The Morgan fingerprint density at radius 3 is 1.50 bits per heavy atom. The summed E-state index contributed by atoms with van der Waals surface area (Å²) in [6, 6.07) is 0. The van der Waals surface area contributed by atoms with Crippen molar-refractivity contribution >= 4 is 22.2 Å². The molecule has 0 spiro atoms. The van der Waals surface area contributed by atoms with Crippen LogP contribution in [0.2, 0.25) is 0 Å². The highest BCUT2D eigenvalue weighted by Gasteiger charge is 1.56. The van der Waals surface area contributed by atoms with Crippen molar-refractivity contribution in [3.8, 4) is 0 Å². The molecule has 0 unspecified atom stereocenters. The monoisotopic (exact) mass is 89.9 g/mol. The minimum Gasteiger partial charge on any atom is -0.265 e. The van der Waals surface area contributed by atoms with E-state index in [2.05, 4.69) is 0 Å². The van der Waals surface area contributed by atoms with E-state index >= 15 is 0 Å². The van der Waals surface area contributed by atoms with Crippen LogP contribution in [0.15, 0.2) is 0 Å². The van der Waals surface area contributed by atoms with Gasteiger partial charge in [-0.1, -0.05) is 0 Å². The molecule has 20 valence electrons. The van der Waals surface area contributed by atoms with Gasteiger partial charge in [0.1, 0.15) is 0 Å². The average molecular weight is 90.0 g/mol. The minimum atomic E-state index is -2.20. The number of hydrogen-bond donors (Lipinski definition) is 0. The van der Waals surface area contributed by atoms with Crippen LogP contribution in [-0.2, 0) is 9.13 Å². The molecule has 2 radical (unpaired) electrons. The quantitative estimate of drug-likeness (QED) is 0.315. The molecule has 0 aliphatic heterocycles. The summed E-state index contributed by atoms with van der Waals surface area (Å²) in [6.45, 7) is 0. The van der Waals surface area contributed by atoms with Crippen LogP contribution in [0, 0.1) is 0 Å². The molecule has 0 saturated carbocycles. The Morgan fingerprint density at radius 2 is 1.50 bits per heavy atom. The zero-order valence-electron chi connectivity index (χ0n) is 1.84. The molecule has 0 bridgehead atoms. The Morgan fingerprint density at radius 1 is 1.50 bits per heavy atom. The van der Waals surface area contributed by atoms with E-state index in [0.717, 1.165) is 0 Å². The predicted molar refractivity (Wildman–Crippen MR) is 14.0 cm³/mol. The summed E-state index contributed by atoms with van der Waals surface area (Å²) in [4.78, 5) is 0. The Balaban J connectivity index is 3.51. The molecular weight excluding hydrogens is 90.0 g/mol. The maximum absolute atomic E-state index is 9.00. The van der Waals surface area contributed by atoms with Gasteiger partial charge in [0.25, 0.3) is 0 Å². The lowest BCUT2D eigenvalue weighted by Gasteiger charge is -1.34. The summed E-state index contributed by atoms with van der Waals surface area (Å²) in [6.07, 6.45) is -2.20. The molecule has 0 aromatic carbocycles. The molecule has 0 saturated heterocycles. The summed E-state index contributed by atoms with van der Waals surface area (Å²) in [5.41, 5.74) is 0. The van der Waals surface area contributed by atoms with Gasteiger partial charge in [0.2, 0.25) is 0 Å². The molecule has 4 heteroatoms. The van der Waals surface area contributed by atoms with Crippen molar-refractivity contribution in [3.05, 3.63) is 0 Å². The molecule has 0 aromatic rings. The second-order valence-corrected chi connectivity index (χ2v) is 2.12. The van der Waals surface area contributed by atoms with Gasteiger partial charge in [-0.25, -0.2) is 0 Å². The SMILES string of the molecule is O=[P](=O)[Al]. The molecule has 0 aliphatic carbocycles. The zero-order valence-corrected chi connectivity index (χ0v) is 3.89. The molecule has 0 amide bonds. The maximum Gasteiger partial charge on any atom is 0.359 e. The van der Waals surface area contributed by atoms with E-state index in [1.165, 1.54) is 0 Å². The third-order valence-electron chi connectivity index (χ3n) is 0. The third-order valence-corrected chi connectivity index (χ3v) is 0. The molecular formula is AlO2P. The summed E-state index contributed by atoms with van der Waals surface area (Å²) >= 11 is 1.61. The third kappa shape index (κ3) is 26.7. The van der Waals surface area contributed by atoms with Crippen molar-refractivity contribution < 1.29 is 9.13 Å². The molecule has 0 aliphatic rings. The largest absolute Gasteiger partial charge is 0.359 e. The van der Waals surface area contributed by atoms with E-state index in [0.29, 0.717) is 0 Å². The van der Waals surface area contributed by atoms with E-state index < -0.39 is 6.33 Å².